The number of carbonyl (C=O) groups is 1. The Morgan fingerprint density at radius 1 is 1.07 bits per heavy atom. The minimum absolute atomic E-state index is 0. The van der Waals surface area contributed by atoms with Gasteiger partial charge in [-0.05, 0) is 30.9 Å². The van der Waals surface area contributed by atoms with Gasteiger partial charge in [0.1, 0.15) is 0 Å². The van der Waals surface area contributed by atoms with Crippen molar-refractivity contribution in [1.29, 1.82) is 0 Å². The summed E-state index contributed by atoms with van der Waals surface area (Å²) in [5, 5.41) is 11.1. The maximum absolute atomic E-state index is 12.5. The molecule has 28 heavy (non-hydrogen) atoms. The van der Waals surface area contributed by atoms with Crippen LogP contribution in [0.2, 0.25) is 0 Å². The van der Waals surface area contributed by atoms with E-state index >= 15 is 0 Å². The number of rotatable bonds is 7. The molecule has 7 heteroatoms. The number of hydrogen-bond donors (Lipinski definition) is 0. The summed E-state index contributed by atoms with van der Waals surface area (Å²) in [6.45, 7) is 2.76. The standard InChI is InChI=1S/C21H25N3O3.ClH/c1-22(21(25)16-18-9-3-5-11-20(18)24(26)27)15-12-17-8-2-4-10-19(17)23-13-6-7-14-23;/h2-5,8-11H,6-7,12-16H2,1H3;1H. The van der Waals surface area contributed by atoms with Crippen LogP contribution in [-0.4, -0.2) is 42.4 Å². The minimum atomic E-state index is -0.436. The molecule has 0 saturated carbocycles. The summed E-state index contributed by atoms with van der Waals surface area (Å²) >= 11 is 0. The van der Waals surface area contributed by atoms with Crippen molar-refractivity contribution in [3.8, 4) is 0 Å². The maximum atomic E-state index is 12.5. The monoisotopic (exact) mass is 403 g/mol. The van der Waals surface area contributed by atoms with Gasteiger partial charge in [-0.25, -0.2) is 0 Å². The molecule has 1 aliphatic rings. The lowest BCUT2D eigenvalue weighted by Crippen LogP contribution is -2.30. The van der Waals surface area contributed by atoms with Crippen molar-refractivity contribution in [2.75, 3.05) is 31.6 Å². The molecule has 1 heterocycles. The van der Waals surface area contributed by atoms with Crippen molar-refractivity contribution in [3.63, 3.8) is 0 Å². The number of para-hydroxylation sites is 2. The highest BCUT2D eigenvalue weighted by Gasteiger charge is 2.19. The second-order valence-corrected chi connectivity index (χ2v) is 6.95. The van der Waals surface area contributed by atoms with Crippen LogP contribution in [0, 0.1) is 10.1 Å². The summed E-state index contributed by atoms with van der Waals surface area (Å²) < 4.78 is 0. The van der Waals surface area contributed by atoms with Crippen LogP contribution in [0.1, 0.15) is 24.0 Å². The van der Waals surface area contributed by atoms with Gasteiger partial charge >= 0.3 is 0 Å². The fraction of sp³-hybridized carbons (Fsp3) is 0.381. The van der Waals surface area contributed by atoms with Gasteiger partial charge in [0.25, 0.3) is 5.69 Å². The lowest BCUT2D eigenvalue weighted by Gasteiger charge is -2.23. The van der Waals surface area contributed by atoms with Gasteiger partial charge < -0.3 is 9.80 Å². The Morgan fingerprint density at radius 3 is 2.36 bits per heavy atom. The first-order valence-corrected chi connectivity index (χ1v) is 9.35. The van der Waals surface area contributed by atoms with E-state index in [1.165, 1.54) is 30.2 Å². The lowest BCUT2D eigenvalue weighted by atomic mass is 10.1. The van der Waals surface area contributed by atoms with E-state index < -0.39 is 4.92 Å². The van der Waals surface area contributed by atoms with Crippen molar-refractivity contribution < 1.29 is 9.72 Å². The smallest absolute Gasteiger partial charge is 0.273 e. The van der Waals surface area contributed by atoms with Gasteiger partial charge in [-0.1, -0.05) is 36.4 Å². The highest BCUT2D eigenvalue weighted by Crippen LogP contribution is 2.25. The van der Waals surface area contributed by atoms with Crippen molar-refractivity contribution in [2.45, 2.75) is 25.7 Å². The number of nitrogens with zero attached hydrogens (tertiary/aromatic N) is 3. The predicted octanol–water partition coefficient (Wildman–Crippen LogP) is 3.86. The molecule has 0 N–H and O–H groups in total. The quantitative estimate of drug-likeness (QED) is 0.520. The first-order valence-electron chi connectivity index (χ1n) is 9.35. The van der Waals surface area contributed by atoms with Crippen LogP contribution in [0.3, 0.4) is 0 Å². The third-order valence-electron chi connectivity index (χ3n) is 5.11. The Kier molecular flexibility index (Phi) is 7.81. The molecule has 1 fully saturated rings. The number of anilines is 1. The van der Waals surface area contributed by atoms with Crippen LogP contribution < -0.4 is 4.90 Å². The fourth-order valence-electron chi connectivity index (χ4n) is 3.54. The molecule has 3 rings (SSSR count). The number of halogens is 1. The van der Waals surface area contributed by atoms with Crippen LogP contribution in [0.15, 0.2) is 48.5 Å². The molecular formula is C21H26ClN3O3. The van der Waals surface area contributed by atoms with Crippen LogP contribution in [0.25, 0.3) is 0 Å². The molecule has 1 saturated heterocycles. The summed E-state index contributed by atoms with van der Waals surface area (Å²) in [6.07, 6.45) is 3.26. The Labute approximate surface area is 171 Å². The van der Waals surface area contributed by atoms with Crippen LogP contribution in [0.4, 0.5) is 11.4 Å². The van der Waals surface area contributed by atoms with Gasteiger partial charge in [-0.2, -0.15) is 0 Å². The van der Waals surface area contributed by atoms with E-state index in [0.717, 1.165) is 19.5 Å². The first kappa shape index (κ1) is 21.7. The maximum Gasteiger partial charge on any atom is 0.273 e. The lowest BCUT2D eigenvalue weighted by molar-refractivity contribution is -0.385. The van der Waals surface area contributed by atoms with Gasteiger partial charge in [-0.3, -0.25) is 14.9 Å². The van der Waals surface area contributed by atoms with Gasteiger partial charge in [0.05, 0.1) is 11.3 Å². The molecule has 0 spiro atoms. The van der Waals surface area contributed by atoms with E-state index in [1.54, 1.807) is 30.1 Å². The number of hydrogen-bond acceptors (Lipinski definition) is 4. The van der Waals surface area contributed by atoms with E-state index in [2.05, 4.69) is 23.1 Å². The van der Waals surface area contributed by atoms with E-state index in [9.17, 15) is 14.9 Å². The number of benzene rings is 2. The third kappa shape index (κ3) is 5.23. The fourth-order valence-corrected chi connectivity index (χ4v) is 3.54. The topological polar surface area (TPSA) is 66.7 Å². The van der Waals surface area contributed by atoms with E-state index in [1.807, 2.05) is 6.07 Å². The zero-order valence-electron chi connectivity index (χ0n) is 16.0. The Bertz CT molecular complexity index is 822. The third-order valence-corrected chi connectivity index (χ3v) is 5.11. The SMILES string of the molecule is CN(CCc1ccccc1N1CCCC1)C(=O)Cc1ccccc1[N+](=O)[O-].Cl. The van der Waals surface area contributed by atoms with Gasteiger partial charge in [0.2, 0.25) is 5.91 Å². The molecule has 0 aliphatic carbocycles. The number of nitro groups is 1. The highest BCUT2D eigenvalue weighted by atomic mass is 35.5. The normalized spacial score (nSPS) is 13.1. The van der Waals surface area contributed by atoms with Crippen LogP contribution in [-0.2, 0) is 17.6 Å². The molecule has 2 aromatic rings. The van der Waals surface area contributed by atoms with Crippen LogP contribution >= 0.6 is 12.4 Å². The van der Waals surface area contributed by atoms with Gasteiger partial charge in [-0.15, -0.1) is 12.4 Å². The Morgan fingerprint density at radius 2 is 1.68 bits per heavy atom. The summed E-state index contributed by atoms with van der Waals surface area (Å²) in [6, 6.07) is 14.8. The average molecular weight is 404 g/mol. The predicted molar refractivity (Wildman–Crippen MR) is 113 cm³/mol. The largest absolute Gasteiger partial charge is 0.371 e. The summed E-state index contributed by atoms with van der Waals surface area (Å²) in [5.74, 6) is -0.108. The van der Waals surface area contributed by atoms with Gasteiger partial charge in [0, 0.05) is 44.0 Å². The zero-order chi connectivity index (χ0) is 19.2. The molecular weight excluding hydrogens is 378 g/mol. The van der Waals surface area contributed by atoms with Gasteiger partial charge in [0.15, 0.2) is 0 Å². The molecule has 0 radical (unpaired) electrons. The summed E-state index contributed by atoms with van der Waals surface area (Å²) in [5.41, 5.74) is 2.95. The zero-order valence-corrected chi connectivity index (χ0v) is 16.9. The number of amides is 1. The minimum Gasteiger partial charge on any atom is -0.371 e. The highest BCUT2D eigenvalue weighted by molar-refractivity contribution is 5.85. The second kappa shape index (κ2) is 10.1. The van der Waals surface area contributed by atoms with Crippen molar-refractivity contribution in [1.82, 2.24) is 4.90 Å². The van der Waals surface area contributed by atoms with Crippen molar-refractivity contribution in [3.05, 3.63) is 69.8 Å². The van der Waals surface area contributed by atoms with Crippen LogP contribution in [0.5, 0.6) is 0 Å². The molecule has 2 aromatic carbocycles. The number of nitro benzene ring substituents is 1. The van der Waals surface area contributed by atoms with E-state index in [4.69, 9.17) is 0 Å². The second-order valence-electron chi connectivity index (χ2n) is 6.95. The van der Waals surface area contributed by atoms with Crippen molar-refractivity contribution >= 4 is 29.7 Å². The average Bonchev–Trinajstić information content (AvgIpc) is 3.21. The number of carbonyl (C=O) groups excluding carboxylic acids is 1. The van der Waals surface area contributed by atoms with E-state index in [-0.39, 0.29) is 30.4 Å². The molecule has 0 bridgehead atoms. The summed E-state index contributed by atoms with van der Waals surface area (Å²) in [7, 11) is 1.76. The molecule has 0 atom stereocenters. The molecule has 150 valence electrons. The number of likely N-dealkylation sites (N-methyl/N-ethyl adjacent to an activating group) is 1. The Balaban J connectivity index is 0.00000280. The first-order chi connectivity index (χ1) is 13.1. The molecule has 1 amide bonds. The Hall–Kier alpha value is -2.60. The summed E-state index contributed by atoms with van der Waals surface area (Å²) in [4.78, 5) is 27.3. The molecule has 0 unspecified atom stereocenters. The van der Waals surface area contributed by atoms with Crippen molar-refractivity contribution in [2.24, 2.45) is 0 Å². The van der Waals surface area contributed by atoms with E-state index in [0.29, 0.717) is 12.1 Å². The molecule has 1 aliphatic heterocycles. The molecule has 0 aromatic heterocycles. The molecule has 6 nitrogen and oxygen atoms in total.